The number of hydrogen-bond donors (Lipinski definition) is 1. The van der Waals surface area contributed by atoms with Gasteiger partial charge >= 0.3 is 0 Å². The molecule has 3 heterocycles. The molecule has 4 rings (SSSR count). The number of fused-ring (bicyclic) bond motifs is 3. The molecule has 0 aliphatic carbocycles. The number of benzene rings is 1. The molecule has 0 radical (unpaired) electrons. The summed E-state index contributed by atoms with van der Waals surface area (Å²) in [6.07, 6.45) is 0. The molecule has 0 fully saturated rings. The second-order valence-corrected chi connectivity index (χ2v) is 7.76. The van der Waals surface area contributed by atoms with E-state index in [0.29, 0.717) is 31.0 Å². The summed E-state index contributed by atoms with van der Waals surface area (Å²) < 4.78 is 20.6. The van der Waals surface area contributed by atoms with Gasteiger partial charge in [-0.3, -0.25) is 9.59 Å². The van der Waals surface area contributed by atoms with Crippen LogP contribution in [0.15, 0.2) is 29.1 Å². The third-order valence-corrected chi connectivity index (χ3v) is 5.67. The highest BCUT2D eigenvalue weighted by Gasteiger charge is 2.36. The predicted octanol–water partition coefficient (Wildman–Crippen LogP) is 2.62. The molecule has 2 aromatic rings. The smallest absolute Gasteiger partial charge is 0.274 e. The Labute approximate surface area is 162 Å². The fourth-order valence-electron chi connectivity index (χ4n) is 4.10. The molecule has 7 heteroatoms. The molecule has 1 atom stereocenters. The summed E-state index contributed by atoms with van der Waals surface area (Å²) in [5, 5.41) is 10.6. The molecule has 0 saturated heterocycles. The summed E-state index contributed by atoms with van der Waals surface area (Å²) in [5.74, 6) is -1.15. The van der Waals surface area contributed by atoms with Crippen LogP contribution < -0.4 is 5.43 Å². The predicted molar refractivity (Wildman–Crippen MR) is 101 cm³/mol. The number of pyridine rings is 1. The number of ether oxygens (including phenoxy) is 1. The van der Waals surface area contributed by atoms with E-state index in [9.17, 15) is 19.1 Å². The summed E-state index contributed by atoms with van der Waals surface area (Å²) in [6.45, 7) is 5.90. The van der Waals surface area contributed by atoms with Crippen molar-refractivity contribution in [1.82, 2.24) is 9.47 Å². The van der Waals surface area contributed by atoms with Gasteiger partial charge in [0, 0.05) is 31.1 Å². The average Bonchev–Trinajstić information content (AvgIpc) is 2.68. The molecule has 0 saturated carbocycles. The second kappa shape index (κ2) is 7.05. The van der Waals surface area contributed by atoms with E-state index in [4.69, 9.17) is 4.74 Å². The first kappa shape index (κ1) is 18.7. The lowest BCUT2D eigenvalue weighted by Gasteiger charge is -2.36. The molecule has 28 heavy (non-hydrogen) atoms. The molecule has 1 aromatic carbocycles. The summed E-state index contributed by atoms with van der Waals surface area (Å²) >= 11 is 0. The Kier molecular flexibility index (Phi) is 4.71. The number of halogens is 1. The van der Waals surface area contributed by atoms with E-state index in [2.05, 4.69) is 0 Å². The van der Waals surface area contributed by atoms with Gasteiger partial charge in [0.25, 0.3) is 5.91 Å². The number of carbonyl (C=O) groups excluding carboxylic acids is 1. The fourth-order valence-corrected chi connectivity index (χ4v) is 4.10. The summed E-state index contributed by atoms with van der Waals surface area (Å²) in [7, 11) is 0. The van der Waals surface area contributed by atoms with Gasteiger partial charge in [-0.2, -0.15) is 0 Å². The van der Waals surface area contributed by atoms with Gasteiger partial charge < -0.3 is 19.3 Å². The zero-order valence-corrected chi connectivity index (χ0v) is 15.9. The summed E-state index contributed by atoms with van der Waals surface area (Å²) in [6, 6.07) is 5.94. The number of aromatic nitrogens is 1. The van der Waals surface area contributed by atoms with Crippen LogP contribution in [0.5, 0.6) is 5.75 Å². The van der Waals surface area contributed by atoms with E-state index in [1.807, 2.05) is 13.8 Å². The van der Waals surface area contributed by atoms with Crippen molar-refractivity contribution in [2.24, 2.45) is 5.92 Å². The van der Waals surface area contributed by atoms with Gasteiger partial charge in [0.1, 0.15) is 5.82 Å². The number of nitrogens with zero attached hydrogens (tertiary/aromatic N) is 2. The van der Waals surface area contributed by atoms with E-state index >= 15 is 0 Å². The Balaban J connectivity index is 1.74. The third kappa shape index (κ3) is 2.99. The van der Waals surface area contributed by atoms with E-state index in [-0.39, 0.29) is 36.5 Å². The van der Waals surface area contributed by atoms with Gasteiger partial charge in [0.05, 0.1) is 18.9 Å². The van der Waals surface area contributed by atoms with Gasteiger partial charge in [0.2, 0.25) is 5.43 Å². The molecule has 1 unspecified atom stereocenters. The maximum atomic E-state index is 13.1. The van der Waals surface area contributed by atoms with Gasteiger partial charge in [-0.05, 0) is 23.6 Å². The minimum absolute atomic E-state index is 0.0186. The molecule has 1 N–H and O–H groups in total. The van der Waals surface area contributed by atoms with E-state index < -0.39 is 17.1 Å². The Morgan fingerprint density at radius 2 is 1.93 bits per heavy atom. The van der Waals surface area contributed by atoms with E-state index in [0.717, 1.165) is 5.56 Å². The number of carbonyl (C=O) groups is 1. The molecular formula is C21H23FN2O4. The maximum Gasteiger partial charge on any atom is 0.274 e. The zero-order chi connectivity index (χ0) is 20.0. The van der Waals surface area contributed by atoms with Crippen LogP contribution in [0.4, 0.5) is 4.39 Å². The number of rotatable bonds is 3. The maximum absolute atomic E-state index is 13.1. The Morgan fingerprint density at radius 1 is 1.21 bits per heavy atom. The van der Waals surface area contributed by atoms with Gasteiger partial charge in [-0.15, -0.1) is 0 Å². The van der Waals surface area contributed by atoms with Crippen LogP contribution in [0.3, 0.4) is 0 Å². The molecule has 2 aliphatic rings. The lowest BCUT2D eigenvalue weighted by atomic mass is 9.85. The molecule has 0 bridgehead atoms. The van der Waals surface area contributed by atoms with Crippen LogP contribution in [0.1, 0.15) is 47.1 Å². The average molecular weight is 386 g/mol. The van der Waals surface area contributed by atoms with Crippen LogP contribution in [0.2, 0.25) is 0 Å². The minimum Gasteiger partial charge on any atom is -0.503 e. The zero-order valence-electron chi connectivity index (χ0n) is 15.9. The van der Waals surface area contributed by atoms with Crippen molar-refractivity contribution >= 4 is 5.91 Å². The lowest BCUT2D eigenvalue weighted by molar-refractivity contribution is 0.0605. The van der Waals surface area contributed by atoms with E-state index in [1.54, 1.807) is 21.6 Å². The van der Waals surface area contributed by atoms with Crippen molar-refractivity contribution in [3.8, 4) is 5.75 Å². The van der Waals surface area contributed by atoms with Crippen LogP contribution in [-0.4, -0.2) is 33.6 Å². The minimum atomic E-state index is -0.486. The topological polar surface area (TPSA) is 71.8 Å². The Hall–Kier alpha value is -2.67. The van der Waals surface area contributed by atoms with Crippen molar-refractivity contribution < 1.29 is 19.0 Å². The fraction of sp³-hybridized carbons (Fsp3) is 0.429. The highest BCUT2D eigenvalue weighted by molar-refractivity contribution is 5.96. The molecule has 148 valence electrons. The third-order valence-electron chi connectivity index (χ3n) is 5.67. The van der Waals surface area contributed by atoms with Crippen LogP contribution in [-0.2, 0) is 24.4 Å². The number of amides is 1. The molecule has 2 aliphatic heterocycles. The summed E-state index contributed by atoms with van der Waals surface area (Å²) in [4.78, 5) is 27.5. The number of aromatic hydroxyl groups is 1. The first-order valence-corrected chi connectivity index (χ1v) is 9.48. The Morgan fingerprint density at radius 3 is 2.61 bits per heavy atom. The van der Waals surface area contributed by atoms with Crippen LogP contribution in [0.25, 0.3) is 0 Å². The van der Waals surface area contributed by atoms with Crippen molar-refractivity contribution in [2.45, 2.75) is 39.5 Å². The van der Waals surface area contributed by atoms with Crippen LogP contribution >= 0.6 is 0 Å². The highest BCUT2D eigenvalue weighted by Crippen LogP contribution is 2.34. The standard InChI is InChI=1S/C21H23FN2O4/c1-12(2)15-10-28-11-16-17(15)19(25)20(26)18-21(27)23(7-8-24(16)18)9-13-3-5-14(22)6-4-13/h3-6,12,15,26H,7-11H2,1-2H3. The molecule has 1 amide bonds. The van der Waals surface area contributed by atoms with Gasteiger partial charge in [-0.1, -0.05) is 26.0 Å². The first-order chi connectivity index (χ1) is 13.4. The van der Waals surface area contributed by atoms with Crippen LogP contribution in [0, 0.1) is 11.7 Å². The van der Waals surface area contributed by atoms with E-state index in [1.165, 1.54) is 12.1 Å². The number of hydrogen-bond acceptors (Lipinski definition) is 4. The van der Waals surface area contributed by atoms with Crippen molar-refractivity contribution in [3.63, 3.8) is 0 Å². The SMILES string of the molecule is CC(C)C1COCc2c1c(=O)c(O)c1n2CCN(Cc2ccc(F)cc2)C1=O. The molecule has 0 spiro atoms. The molecule has 6 nitrogen and oxygen atoms in total. The van der Waals surface area contributed by atoms with Gasteiger partial charge in [-0.25, -0.2) is 4.39 Å². The molecule has 1 aromatic heterocycles. The van der Waals surface area contributed by atoms with Crippen molar-refractivity contribution in [1.29, 1.82) is 0 Å². The second-order valence-electron chi connectivity index (χ2n) is 7.76. The Bertz CT molecular complexity index is 981. The summed E-state index contributed by atoms with van der Waals surface area (Å²) in [5.41, 5.74) is 1.59. The quantitative estimate of drug-likeness (QED) is 0.880. The van der Waals surface area contributed by atoms with Crippen molar-refractivity contribution in [3.05, 3.63) is 62.8 Å². The largest absolute Gasteiger partial charge is 0.503 e. The van der Waals surface area contributed by atoms with Crippen molar-refractivity contribution in [2.75, 3.05) is 13.2 Å². The highest BCUT2D eigenvalue weighted by atomic mass is 19.1. The van der Waals surface area contributed by atoms with Gasteiger partial charge in [0.15, 0.2) is 11.4 Å². The lowest BCUT2D eigenvalue weighted by Crippen LogP contribution is -2.44. The normalized spacial score (nSPS) is 18.9. The monoisotopic (exact) mass is 386 g/mol. The molecular weight excluding hydrogens is 363 g/mol. The first-order valence-electron chi connectivity index (χ1n) is 9.48.